The molecule has 0 aliphatic carbocycles. The third-order valence-corrected chi connectivity index (χ3v) is 5.84. The molecule has 0 radical (unpaired) electrons. The number of methoxy groups -OCH3 is 2. The van der Waals surface area contributed by atoms with Crippen LogP contribution in [-0.4, -0.2) is 25.9 Å². The van der Waals surface area contributed by atoms with E-state index in [1.165, 1.54) is 14.2 Å². The van der Waals surface area contributed by atoms with Crippen molar-refractivity contribution in [1.29, 1.82) is 21.2 Å². The van der Waals surface area contributed by atoms with Crippen LogP contribution in [0, 0.1) is 56.2 Å². The first-order valence-corrected chi connectivity index (χ1v) is 8.76. The van der Waals surface area contributed by atoms with Gasteiger partial charge in [0.25, 0.3) is 0 Å². The van der Waals surface area contributed by atoms with Gasteiger partial charge in [-0.15, -0.1) is 0 Å². The van der Waals surface area contributed by atoms with Crippen molar-refractivity contribution in [2.24, 2.45) is 16.7 Å². The van der Waals surface area contributed by atoms with Gasteiger partial charge >= 0.3 is 0 Å². The van der Waals surface area contributed by atoms with E-state index in [4.69, 9.17) is 24.4 Å². The summed E-state index contributed by atoms with van der Waals surface area (Å²) < 4.78 is 22.7. The van der Waals surface area contributed by atoms with Gasteiger partial charge in [0.1, 0.15) is 6.10 Å². The minimum absolute atomic E-state index is 0.294. The molecule has 8 heteroatoms. The zero-order chi connectivity index (χ0) is 20.7. The normalized spacial score (nSPS) is 32.4. The van der Waals surface area contributed by atoms with Gasteiger partial charge in [0, 0.05) is 12.5 Å². The second-order valence-corrected chi connectivity index (χ2v) is 6.94. The molecule has 2 heterocycles. The van der Waals surface area contributed by atoms with Crippen LogP contribution in [0.1, 0.15) is 31.9 Å². The summed E-state index contributed by atoms with van der Waals surface area (Å²) in [5.41, 5.74) is -3.42. The van der Waals surface area contributed by atoms with E-state index in [0.717, 1.165) is 0 Å². The lowest BCUT2D eigenvalue weighted by atomic mass is 9.53. The Morgan fingerprint density at radius 1 is 1.14 bits per heavy atom. The summed E-state index contributed by atoms with van der Waals surface area (Å²) in [5.74, 6) is -1.73. The van der Waals surface area contributed by atoms with E-state index in [-0.39, 0.29) is 0 Å². The monoisotopic (exact) mass is 380 g/mol. The van der Waals surface area contributed by atoms with Crippen LogP contribution in [0.2, 0.25) is 0 Å². The predicted octanol–water partition coefficient (Wildman–Crippen LogP) is 3.07. The van der Waals surface area contributed by atoms with Crippen molar-refractivity contribution in [3.8, 4) is 29.7 Å². The average Bonchev–Trinajstić information content (AvgIpc) is 2.89. The molecule has 2 bridgehead atoms. The van der Waals surface area contributed by atoms with Gasteiger partial charge in [-0.25, -0.2) is 0 Å². The second kappa shape index (κ2) is 6.41. The molecule has 3 rings (SSSR count). The van der Waals surface area contributed by atoms with Crippen molar-refractivity contribution in [1.82, 2.24) is 0 Å². The van der Waals surface area contributed by atoms with Crippen molar-refractivity contribution in [2.75, 3.05) is 14.2 Å². The largest absolute Gasteiger partial charge is 0.493 e. The Bertz CT molecular complexity index is 942. The maximum Gasteiger partial charge on any atom is 0.214 e. The van der Waals surface area contributed by atoms with Crippen LogP contribution in [0.25, 0.3) is 0 Å². The average molecular weight is 380 g/mol. The van der Waals surface area contributed by atoms with E-state index in [1.54, 1.807) is 25.1 Å². The van der Waals surface area contributed by atoms with Crippen molar-refractivity contribution >= 4 is 5.90 Å². The van der Waals surface area contributed by atoms with Crippen molar-refractivity contribution < 1.29 is 18.9 Å². The minimum Gasteiger partial charge on any atom is -0.493 e. The van der Waals surface area contributed by atoms with E-state index in [9.17, 15) is 15.8 Å². The number of para-hydroxylation sites is 1. The first-order chi connectivity index (χ1) is 13.4. The summed E-state index contributed by atoms with van der Waals surface area (Å²) in [5, 5.41) is 38.9. The zero-order valence-corrected chi connectivity index (χ0v) is 16.1. The smallest absolute Gasteiger partial charge is 0.214 e. The lowest BCUT2D eigenvalue weighted by molar-refractivity contribution is -0.273. The molecule has 1 N–H and O–H groups in total. The fourth-order valence-corrected chi connectivity index (χ4v) is 4.62. The van der Waals surface area contributed by atoms with Gasteiger partial charge in [-0.3, -0.25) is 5.41 Å². The molecule has 2 aliphatic heterocycles. The fourth-order valence-electron chi connectivity index (χ4n) is 4.62. The molecule has 144 valence electrons. The molecule has 1 aromatic carbocycles. The molecule has 0 spiro atoms. The molecule has 2 aliphatic rings. The van der Waals surface area contributed by atoms with Gasteiger partial charge in [0.05, 0.1) is 38.3 Å². The lowest BCUT2D eigenvalue weighted by Crippen LogP contribution is -2.58. The molecular formula is C20H20N4O4. The Morgan fingerprint density at radius 3 is 2.32 bits per heavy atom. The van der Waals surface area contributed by atoms with Gasteiger partial charge < -0.3 is 18.9 Å². The molecule has 0 aromatic heterocycles. The van der Waals surface area contributed by atoms with Crippen molar-refractivity contribution in [3.05, 3.63) is 23.8 Å². The van der Waals surface area contributed by atoms with Crippen LogP contribution in [0.3, 0.4) is 0 Å². The Morgan fingerprint density at radius 2 is 1.82 bits per heavy atom. The van der Waals surface area contributed by atoms with Gasteiger partial charge in [0.15, 0.2) is 16.9 Å². The number of hydrogen-bond donors (Lipinski definition) is 1. The number of rotatable bonds is 4. The summed E-state index contributed by atoms with van der Waals surface area (Å²) in [6.07, 6.45) is -0.803. The highest BCUT2D eigenvalue weighted by Crippen LogP contribution is 2.67. The predicted molar refractivity (Wildman–Crippen MR) is 96.1 cm³/mol. The summed E-state index contributed by atoms with van der Waals surface area (Å²) >= 11 is 0. The first-order valence-electron chi connectivity index (χ1n) is 8.76. The number of ether oxygens (including phenoxy) is 4. The highest BCUT2D eigenvalue weighted by atomic mass is 16.7. The van der Waals surface area contributed by atoms with E-state index in [0.29, 0.717) is 23.5 Å². The summed E-state index contributed by atoms with van der Waals surface area (Å²) in [6.45, 7) is 3.44. The first kappa shape index (κ1) is 19.5. The van der Waals surface area contributed by atoms with Gasteiger partial charge in [0.2, 0.25) is 17.1 Å². The second-order valence-electron chi connectivity index (χ2n) is 6.94. The van der Waals surface area contributed by atoms with Gasteiger partial charge in [-0.1, -0.05) is 19.1 Å². The fraction of sp³-hybridized carbons (Fsp3) is 0.500. The third-order valence-electron chi connectivity index (χ3n) is 5.84. The topological polar surface area (TPSA) is 132 Å². The van der Waals surface area contributed by atoms with Crippen LogP contribution < -0.4 is 9.47 Å². The van der Waals surface area contributed by atoms with E-state index in [2.05, 4.69) is 6.07 Å². The van der Waals surface area contributed by atoms with Crippen molar-refractivity contribution in [2.45, 2.75) is 32.2 Å². The Balaban J connectivity index is 2.38. The SMILES string of the molecule is CCC1C2(C)OC(=N)C1(C#N)C(C#N)(C#N)C(c1cccc(OC)c1OC)O2. The standard InChI is InChI=1S/C20H20N4O4/c1-5-14-18(2)27-16(12-7-6-8-13(25-3)15(12)26-4)19(9-21,10-22)20(14,11-23)17(24)28-18/h6-8,14,16,24H,5H2,1-4H3. The van der Waals surface area contributed by atoms with Gasteiger partial charge in [-0.2, -0.15) is 15.8 Å². The summed E-state index contributed by atoms with van der Waals surface area (Å²) in [6, 6.07) is 11.1. The molecule has 0 amide bonds. The van der Waals surface area contributed by atoms with Crippen LogP contribution in [0.4, 0.5) is 0 Å². The number of hydrogen-bond acceptors (Lipinski definition) is 8. The molecule has 0 saturated carbocycles. The number of benzene rings is 1. The molecule has 2 saturated heterocycles. The van der Waals surface area contributed by atoms with Crippen LogP contribution in [0.15, 0.2) is 18.2 Å². The molecule has 4 atom stereocenters. The summed E-state index contributed by atoms with van der Waals surface area (Å²) in [4.78, 5) is 0. The molecule has 28 heavy (non-hydrogen) atoms. The van der Waals surface area contributed by atoms with Crippen LogP contribution in [0.5, 0.6) is 11.5 Å². The number of fused-ring (bicyclic) bond motifs is 2. The minimum atomic E-state index is -2.02. The van der Waals surface area contributed by atoms with Gasteiger partial charge in [-0.05, 0) is 12.5 Å². The Kier molecular flexibility index (Phi) is 4.46. The summed E-state index contributed by atoms with van der Waals surface area (Å²) in [7, 11) is 2.91. The van der Waals surface area contributed by atoms with Crippen LogP contribution in [-0.2, 0) is 9.47 Å². The maximum atomic E-state index is 10.2. The number of nitrogens with one attached hydrogen (secondary N) is 1. The molecule has 2 fully saturated rings. The Hall–Kier alpha value is -3.28. The molecule has 1 aromatic rings. The number of nitrogens with zero attached hydrogens (tertiary/aromatic N) is 3. The zero-order valence-electron chi connectivity index (χ0n) is 16.1. The Labute approximate surface area is 163 Å². The highest BCUT2D eigenvalue weighted by Gasteiger charge is 2.79. The quantitative estimate of drug-likeness (QED) is 0.848. The maximum absolute atomic E-state index is 10.2. The molecular weight excluding hydrogens is 360 g/mol. The lowest BCUT2D eigenvalue weighted by Gasteiger charge is -2.48. The van der Waals surface area contributed by atoms with E-state index < -0.39 is 34.5 Å². The van der Waals surface area contributed by atoms with Crippen LogP contribution >= 0.6 is 0 Å². The molecule has 8 nitrogen and oxygen atoms in total. The number of nitriles is 3. The highest BCUT2D eigenvalue weighted by molar-refractivity contribution is 5.89. The van der Waals surface area contributed by atoms with E-state index in [1.807, 2.05) is 19.1 Å². The molecule has 4 unspecified atom stereocenters. The van der Waals surface area contributed by atoms with Crippen molar-refractivity contribution in [3.63, 3.8) is 0 Å². The van der Waals surface area contributed by atoms with E-state index >= 15 is 0 Å². The third kappa shape index (κ3) is 2.03.